The summed E-state index contributed by atoms with van der Waals surface area (Å²) in [5.74, 6) is 1.01. The van der Waals surface area contributed by atoms with Crippen LogP contribution in [0.5, 0.6) is 0 Å². The van der Waals surface area contributed by atoms with Gasteiger partial charge in [-0.05, 0) is 48.2 Å². The van der Waals surface area contributed by atoms with Crippen molar-refractivity contribution in [1.29, 1.82) is 0 Å². The summed E-state index contributed by atoms with van der Waals surface area (Å²) in [5, 5.41) is 15.2. The highest BCUT2D eigenvalue weighted by Gasteiger charge is 2.29. The summed E-state index contributed by atoms with van der Waals surface area (Å²) in [5.41, 5.74) is 3.14. The van der Waals surface area contributed by atoms with Gasteiger partial charge in [-0.3, -0.25) is 14.6 Å². The molecule has 1 aromatic carbocycles. The number of aromatic nitrogens is 4. The van der Waals surface area contributed by atoms with Crippen molar-refractivity contribution in [2.24, 2.45) is 0 Å². The number of hydrogen-bond acceptors (Lipinski definition) is 6. The van der Waals surface area contributed by atoms with Crippen molar-refractivity contribution >= 4 is 11.6 Å². The third kappa shape index (κ3) is 4.33. The summed E-state index contributed by atoms with van der Waals surface area (Å²) in [4.78, 5) is 17.0. The second-order valence-electron chi connectivity index (χ2n) is 7.64. The van der Waals surface area contributed by atoms with E-state index in [9.17, 15) is 4.79 Å². The number of para-hydroxylation sites is 1. The average Bonchev–Trinajstić information content (AvgIpc) is 3.39. The molecular weight excluding hydrogens is 342 g/mol. The molecule has 8 nitrogen and oxygen atoms in total. The van der Waals surface area contributed by atoms with Gasteiger partial charge >= 0.3 is 0 Å². The molecule has 1 saturated heterocycles. The van der Waals surface area contributed by atoms with Crippen molar-refractivity contribution in [2.75, 3.05) is 38.0 Å². The Kier molecular flexibility index (Phi) is 5.18. The molecule has 27 heavy (non-hydrogen) atoms. The van der Waals surface area contributed by atoms with Gasteiger partial charge in [-0.15, -0.1) is 5.10 Å². The van der Waals surface area contributed by atoms with E-state index >= 15 is 0 Å². The molecule has 0 unspecified atom stereocenters. The summed E-state index contributed by atoms with van der Waals surface area (Å²) >= 11 is 0. The molecular formula is C19H27N7O. The number of nitrogens with one attached hydrogen (secondary N) is 1. The molecule has 2 aromatic rings. The lowest BCUT2D eigenvalue weighted by Crippen LogP contribution is -2.48. The van der Waals surface area contributed by atoms with E-state index in [0.717, 1.165) is 55.4 Å². The second-order valence-corrected chi connectivity index (χ2v) is 7.64. The van der Waals surface area contributed by atoms with Crippen LogP contribution in [0, 0.1) is 13.8 Å². The number of amides is 1. The molecule has 1 N–H and O–H groups in total. The first-order valence-corrected chi connectivity index (χ1v) is 9.67. The zero-order chi connectivity index (χ0) is 18.8. The monoisotopic (exact) mass is 369 g/mol. The molecule has 1 aliphatic heterocycles. The molecule has 2 fully saturated rings. The SMILES string of the molecule is Cc1cccc(C)c1NC(=O)CN1CCN(Cc2nnnn2C2CC2)CC1. The van der Waals surface area contributed by atoms with E-state index < -0.39 is 0 Å². The lowest BCUT2D eigenvalue weighted by Gasteiger charge is -2.33. The molecule has 0 bridgehead atoms. The maximum Gasteiger partial charge on any atom is 0.238 e. The number of anilines is 1. The quantitative estimate of drug-likeness (QED) is 0.829. The van der Waals surface area contributed by atoms with E-state index in [4.69, 9.17) is 0 Å². The fraction of sp³-hybridized carbons (Fsp3) is 0.579. The zero-order valence-corrected chi connectivity index (χ0v) is 16.1. The minimum absolute atomic E-state index is 0.0542. The molecule has 1 amide bonds. The van der Waals surface area contributed by atoms with Gasteiger partial charge in [0.25, 0.3) is 0 Å². The van der Waals surface area contributed by atoms with Crippen LogP contribution in [-0.2, 0) is 11.3 Å². The molecule has 2 heterocycles. The molecule has 0 atom stereocenters. The maximum absolute atomic E-state index is 12.5. The fourth-order valence-electron chi connectivity index (χ4n) is 3.62. The van der Waals surface area contributed by atoms with Gasteiger partial charge in [-0.2, -0.15) is 0 Å². The van der Waals surface area contributed by atoms with Crippen molar-refractivity contribution in [3.05, 3.63) is 35.2 Å². The van der Waals surface area contributed by atoms with Gasteiger partial charge in [0, 0.05) is 31.9 Å². The number of nitrogens with zero attached hydrogens (tertiary/aromatic N) is 6. The second kappa shape index (κ2) is 7.74. The fourth-order valence-corrected chi connectivity index (χ4v) is 3.62. The van der Waals surface area contributed by atoms with Crippen LogP contribution < -0.4 is 5.32 Å². The van der Waals surface area contributed by atoms with Crippen LogP contribution in [-0.4, -0.2) is 68.6 Å². The highest BCUT2D eigenvalue weighted by molar-refractivity contribution is 5.93. The van der Waals surface area contributed by atoms with E-state index in [1.807, 2.05) is 36.7 Å². The Balaban J connectivity index is 1.25. The van der Waals surface area contributed by atoms with E-state index in [2.05, 4.69) is 30.6 Å². The van der Waals surface area contributed by atoms with E-state index in [0.29, 0.717) is 12.6 Å². The van der Waals surface area contributed by atoms with Crippen LogP contribution in [0.15, 0.2) is 18.2 Å². The first-order valence-electron chi connectivity index (χ1n) is 9.67. The number of benzene rings is 1. The Bertz CT molecular complexity index is 786. The standard InChI is InChI=1S/C19H27N7O/c1-14-4-3-5-15(2)19(14)20-18(27)13-25-10-8-24(9-11-25)12-17-21-22-23-26(17)16-6-7-16/h3-5,16H,6-13H2,1-2H3,(H,20,27). The largest absolute Gasteiger partial charge is 0.324 e. The minimum atomic E-state index is 0.0542. The third-order valence-corrected chi connectivity index (χ3v) is 5.40. The minimum Gasteiger partial charge on any atom is -0.324 e. The number of rotatable bonds is 6. The van der Waals surface area contributed by atoms with E-state index in [-0.39, 0.29) is 5.91 Å². The number of carbonyl (C=O) groups is 1. The predicted octanol–water partition coefficient (Wildman–Crippen LogP) is 1.38. The molecule has 0 radical (unpaired) electrons. The van der Waals surface area contributed by atoms with Crippen LogP contribution in [0.4, 0.5) is 5.69 Å². The van der Waals surface area contributed by atoms with Crippen molar-refractivity contribution in [2.45, 2.75) is 39.3 Å². The molecule has 0 spiro atoms. The van der Waals surface area contributed by atoms with Crippen molar-refractivity contribution in [3.8, 4) is 0 Å². The normalized spacial score (nSPS) is 18.6. The number of tetrazole rings is 1. The van der Waals surface area contributed by atoms with Crippen LogP contribution >= 0.6 is 0 Å². The molecule has 1 aromatic heterocycles. The van der Waals surface area contributed by atoms with Gasteiger partial charge < -0.3 is 5.32 Å². The van der Waals surface area contributed by atoms with Crippen LogP contribution in [0.1, 0.15) is 35.8 Å². The zero-order valence-electron chi connectivity index (χ0n) is 16.1. The Morgan fingerprint density at radius 2 is 1.78 bits per heavy atom. The molecule has 144 valence electrons. The Hall–Kier alpha value is -2.32. The van der Waals surface area contributed by atoms with Gasteiger partial charge in [0.05, 0.1) is 19.1 Å². The van der Waals surface area contributed by atoms with Gasteiger partial charge in [0.15, 0.2) is 5.82 Å². The van der Waals surface area contributed by atoms with Gasteiger partial charge in [-0.1, -0.05) is 18.2 Å². The lowest BCUT2D eigenvalue weighted by atomic mass is 10.1. The Morgan fingerprint density at radius 1 is 1.11 bits per heavy atom. The number of piperazine rings is 1. The molecule has 8 heteroatoms. The van der Waals surface area contributed by atoms with Gasteiger partial charge in [0.1, 0.15) is 0 Å². The van der Waals surface area contributed by atoms with Gasteiger partial charge in [0.2, 0.25) is 5.91 Å². The summed E-state index contributed by atoms with van der Waals surface area (Å²) in [6.45, 7) is 8.87. The first kappa shape index (κ1) is 18.1. The van der Waals surface area contributed by atoms with E-state index in [1.54, 1.807) is 0 Å². The maximum atomic E-state index is 12.5. The Morgan fingerprint density at radius 3 is 2.44 bits per heavy atom. The van der Waals surface area contributed by atoms with Crippen molar-refractivity contribution < 1.29 is 4.79 Å². The smallest absolute Gasteiger partial charge is 0.238 e. The van der Waals surface area contributed by atoms with Crippen molar-refractivity contribution in [1.82, 2.24) is 30.0 Å². The van der Waals surface area contributed by atoms with Crippen LogP contribution in [0.25, 0.3) is 0 Å². The topological polar surface area (TPSA) is 79.2 Å². The highest BCUT2D eigenvalue weighted by atomic mass is 16.2. The van der Waals surface area contributed by atoms with Crippen molar-refractivity contribution in [3.63, 3.8) is 0 Å². The highest BCUT2D eigenvalue weighted by Crippen LogP contribution is 2.34. The predicted molar refractivity (Wildman–Crippen MR) is 102 cm³/mol. The third-order valence-electron chi connectivity index (χ3n) is 5.40. The number of aryl methyl sites for hydroxylation is 2. The average molecular weight is 369 g/mol. The molecule has 1 aliphatic carbocycles. The van der Waals surface area contributed by atoms with Crippen LogP contribution in [0.3, 0.4) is 0 Å². The summed E-state index contributed by atoms with van der Waals surface area (Å²) in [6, 6.07) is 6.57. The first-order chi connectivity index (χ1) is 13.1. The lowest BCUT2D eigenvalue weighted by molar-refractivity contribution is -0.117. The summed E-state index contributed by atoms with van der Waals surface area (Å²) < 4.78 is 1.98. The molecule has 4 rings (SSSR count). The number of carbonyl (C=O) groups excluding carboxylic acids is 1. The Labute approximate surface area is 159 Å². The molecule has 2 aliphatic rings. The van der Waals surface area contributed by atoms with Crippen LogP contribution in [0.2, 0.25) is 0 Å². The summed E-state index contributed by atoms with van der Waals surface area (Å²) in [7, 11) is 0. The van der Waals surface area contributed by atoms with Gasteiger partial charge in [-0.25, -0.2) is 4.68 Å². The van der Waals surface area contributed by atoms with E-state index in [1.165, 1.54) is 12.8 Å². The number of hydrogen-bond donors (Lipinski definition) is 1. The molecule has 1 saturated carbocycles. The summed E-state index contributed by atoms with van der Waals surface area (Å²) in [6.07, 6.45) is 2.36.